The highest BCUT2D eigenvalue weighted by Gasteiger charge is 2.33. The van der Waals surface area contributed by atoms with E-state index in [9.17, 15) is 0 Å². The fraction of sp³-hybridized carbons (Fsp3) is 0.929. The third kappa shape index (κ3) is 3.62. The van der Waals surface area contributed by atoms with Crippen LogP contribution < -0.4 is 10.6 Å². The molecule has 3 nitrogen and oxygen atoms in total. The molecule has 2 atom stereocenters. The first-order valence-electron chi connectivity index (χ1n) is 7.18. The van der Waals surface area contributed by atoms with Gasteiger partial charge in [0, 0.05) is 19.1 Å². The number of nitrogens with zero attached hydrogens (tertiary/aromatic N) is 1. The third-order valence-corrected chi connectivity index (χ3v) is 4.21. The molecule has 0 aliphatic heterocycles. The van der Waals surface area contributed by atoms with Crippen LogP contribution in [-0.2, 0) is 0 Å². The molecule has 98 valence electrons. The minimum atomic E-state index is 0.456. The molecule has 0 spiro atoms. The molecule has 2 aliphatic rings. The largest absolute Gasteiger partial charge is 0.357 e. The molecule has 2 N–H and O–H groups in total. The predicted octanol–water partition coefficient (Wildman–Crippen LogP) is 2.53. The van der Waals surface area contributed by atoms with E-state index in [1.165, 1.54) is 32.1 Å². The molecule has 0 saturated heterocycles. The second kappa shape index (κ2) is 5.28. The van der Waals surface area contributed by atoms with Crippen molar-refractivity contribution >= 4 is 5.96 Å². The lowest BCUT2D eigenvalue weighted by molar-refractivity contribution is 0.350. The van der Waals surface area contributed by atoms with Crippen LogP contribution in [0, 0.1) is 11.3 Å². The van der Waals surface area contributed by atoms with Gasteiger partial charge in [0.05, 0.1) is 0 Å². The van der Waals surface area contributed by atoms with Crippen LogP contribution in [0.15, 0.2) is 4.99 Å². The van der Waals surface area contributed by atoms with Crippen molar-refractivity contribution in [1.82, 2.24) is 10.6 Å². The number of aliphatic imine (C=N–C) groups is 1. The van der Waals surface area contributed by atoms with Gasteiger partial charge in [-0.1, -0.05) is 26.7 Å². The van der Waals surface area contributed by atoms with Gasteiger partial charge in [0.1, 0.15) is 0 Å². The Morgan fingerprint density at radius 3 is 2.53 bits per heavy atom. The Hall–Kier alpha value is -0.730. The van der Waals surface area contributed by atoms with Gasteiger partial charge in [-0.25, -0.2) is 0 Å². The summed E-state index contributed by atoms with van der Waals surface area (Å²) in [5.41, 5.74) is 0.456. The maximum absolute atomic E-state index is 4.78. The van der Waals surface area contributed by atoms with Crippen molar-refractivity contribution in [1.29, 1.82) is 0 Å². The molecule has 2 rings (SSSR count). The summed E-state index contributed by atoms with van der Waals surface area (Å²) in [6.45, 7) is 8.73. The van der Waals surface area contributed by atoms with E-state index in [2.05, 4.69) is 31.4 Å². The fourth-order valence-corrected chi connectivity index (χ4v) is 2.68. The van der Waals surface area contributed by atoms with Gasteiger partial charge in [0.2, 0.25) is 0 Å². The van der Waals surface area contributed by atoms with Crippen LogP contribution in [0.3, 0.4) is 0 Å². The highest BCUT2D eigenvalue weighted by Crippen LogP contribution is 2.37. The number of guanidine groups is 1. The standard InChI is InChI=1S/C14H27N3/c1-4-15-13(17-12-9-11(12)2)16-10-14(3)7-5-6-8-14/h11-12H,4-10H2,1-3H3,(H2,15,16,17). The Kier molecular flexibility index (Phi) is 3.95. The fourth-order valence-electron chi connectivity index (χ4n) is 2.68. The maximum atomic E-state index is 4.78. The van der Waals surface area contributed by atoms with Crippen molar-refractivity contribution in [2.75, 3.05) is 13.1 Å². The van der Waals surface area contributed by atoms with Crippen LogP contribution in [0.25, 0.3) is 0 Å². The minimum Gasteiger partial charge on any atom is -0.357 e. The van der Waals surface area contributed by atoms with E-state index < -0.39 is 0 Å². The zero-order valence-corrected chi connectivity index (χ0v) is 11.6. The molecule has 17 heavy (non-hydrogen) atoms. The van der Waals surface area contributed by atoms with Crippen LogP contribution >= 0.6 is 0 Å². The van der Waals surface area contributed by atoms with E-state index in [1.807, 2.05) is 0 Å². The maximum Gasteiger partial charge on any atom is 0.191 e. The molecule has 0 aromatic carbocycles. The average molecular weight is 237 g/mol. The van der Waals surface area contributed by atoms with Gasteiger partial charge < -0.3 is 10.6 Å². The molecular weight excluding hydrogens is 210 g/mol. The lowest BCUT2D eigenvalue weighted by Gasteiger charge is -2.21. The third-order valence-electron chi connectivity index (χ3n) is 4.21. The first kappa shape index (κ1) is 12.7. The molecule has 0 radical (unpaired) electrons. The normalized spacial score (nSPS) is 31.4. The second-order valence-electron chi connectivity index (χ2n) is 6.18. The minimum absolute atomic E-state index is 0.456. The Morgan fingerprint density at radius 2 is 2.00 bits per heavy atom. The summed E-state index contributed by atoms with van der Waals surface area (Å²) >= 11 is 0. The van der Waals surface area contributed by atoms with Gasteiger partial charge in [0.15, 0.2) is 5.96 Å². The topological polar surface area (TPSA) is 36.4 Å². The number of hydrogen-bond donors (Lipinski definition) is 2. The van der Waals surface area contributed by atoms with Crippen molar-refractivity contribution in [3.63, 3.8) is 0 Å². The molecule has 0 heterocycles. The van der Waals surface area contributed by atoms with E-state index in [-0.39, 0.29) is 0 Å². The molecule has 0 aromatic rings. The van der Waals surface area contributed by atoms with Crippen molar-refractivity contribution < 1.29 is 0 Å². The molecule has 2 fully saturated rings. The summed E-state index contributed by atoms with van der Waals surface area (Å²) in [5.74, 6) is 1.84. The van der Waals surface area contributed by atoms with Crippen molar-refractivity contribution in [3.05, 3.63) is 0 Å². The Balaban J connectivity index is 1.85. The highest BCUT2D eigenvalue weighted by molar-refractivity contribution is 5.80. The molecule has 3 heteroatoms. The molecule has 2 saturated carbocycles. The summed E-state index contributed by atoms with van der Waals surface area (Å²) < 4.78 is 0. The quantitative estimate of drug-likeness (QED) is 0.582. The van der Waals surface area contributed by atoms with Crippen LogP contribution in [-0.4, -0.2) is 25.1 Å². The molecule has 2 aliphatic carbocycles. The van der Waals surface area contributed by atoms with Gasteiger partial charge in [-0.15, -0.1) is 0 Å². The zero-order valence-electron chi connectivity index (χ0n) is 11.6. The van der Waals surface area contributed by atoms with Crippen molar-refractivity contribution in [2.24, 2.45) is 16.3 Å². The molecule has 2 unspecified atom stereocenters. The number of rotatable bonds is 4. The molecular formula is C14H27N3. The van der Waals surface area contributed by atoms with Crippen LogP contribution in [0.5, 0.6) is 0 Å². The van der Waals surface area contributed by atoms with Gasteiger partial charge in [-0.2, -0.15) is 0 Å². The van der Waals surface area contributed by atoms with E-state index in [4.69, 9.17) is 4.99 Å². The van der Waals surface area contributed by atoms with Crippen LogP contribution in [0.1, 0.15) is 52.9 Å². The predicted molar refractivity (Wildman–Crippen MR) is 73.3 cm³/mol. The van der Waals surface area contributed by atoms with E-state index in [0.717, 1.165) is 25.0 Å². The van der Waals surface area contributed by atoms with Gasteiger partial charge in [0.25, 0.3) is 0 Å². The molecule has 0 amide bonds. The lowest BCUT2D eigenvalue weighted by Crippen LogP contribution is -2.39. The smallest absolute Gasteiger partial charge is 0.191 e. The second-order valence-corrected chi connectivity index (χ2v) is 6.18. The Labute approximate surface area is 105 Å². The number of hydrogen-bond acceptors (Lipinski definition) is 1. The first-order chi connectivity index (χ1) is 8.13. The van der Waals surface area contributed by atoms with E-state index in [0.29, 0.717) is 11.5 Å². The van der Waals surface area contributed by atoms with E-state index >= 15 is 0 Å². The Morgan fingerprint density at radius 1 is 1.35 bits per heavy atom. The first-order valence-corrected chi connectivity index (χ1v) is 7.18. The van der Waals surface area contributed by atoms with E-state index in [1.54, 1.807) is 0 Å². The summed E-state index contributed by atoms with van der Waals surface area (Å²) in [4.78, 5) is 4.78. The van der Waals surface area contributed by atoms with Crippen LogP contribution in [0.2, 0.25) is 0 Å². The number of nitrogens with one attached hydrogen (secondary N) is 2. The van der Waals surface area contributed by atoms with Crippen molar-refractivity contribution in [2.45, 2.75) is 58.9 Å². The summed E-state index contributed by atoms with van der Waals surface area (Å²) in [5, 5.41) is 6.88. The average Bonchev–Trinajstić information content (AvgIpc) is 2.80. The SMILES string of the molecule is CCNC(=NCC1(C)CCCC1)NC1CC1C. The summed E-state index contributed by atoms with van der Waals surface area (Å²) in [7, 11) is 0. The van der Waals surface area contributed by atoms with Gasteiger partial charge in [-0.05, 0) is 37.5 Å². The van der Waals surface area contributed by atoms with Crippen molar-refractivity contribution in [3.8, 4) is 0 Å². The monoisotopic (exact) mass is 237 g/mol. The summed E-state index contributed by atoms with van der Waals surface area (Å²) in [6.07, 6.45) is 6.75. The van der Waals surface area contributed by atoms with Gasteiger partial charge >= 0.3 is 0 Å². The molecule has 0 bridgehead atoms. The molecule has 0 aromatic heterocycles. The van der Waals surface area contributed by atoms with Gasteiger partial charge in [-0.3, -0.25) is 4.99 Å². The summed E-state index contributed by atoms with van der Waals surface area (Å²) in [6, 6.07) is 0.657. The zero-order chi connectivity index (χ0) is 12.3. The Bertz CT molecular complexity index is 279. The lowest BCUT2D eigenvalue weighted by atomic mass is 9.89. The van der Waals surface area contributed by atoms with Crippen LogP contribution in [0.4, 0.5) is 0 Å². The highest BCUT2D eigenvalue weighted by atomic mass is 15.2.